The van der Waals surface area contributed by atoms with E-state index < -0.39 is 0 Å². The summed E-state index contributed by atoms with van der Waals surface area (Å²) in [4.78, 5) is 11.9. The SMILES string of the molecule is CCCCOc1cccc(NCC(=O)Nc2ccc(Br)cc2)c1. The van der Waals surface area contributed by atoms with Crippen LogP contribution >= 0.6 is 15.9 Å². The molecule has 122 valence electrons. The van der Waals surface area contributed by atoms with Crippen molar-refractivity contribution in [2.45, 2.75) is 19.8 Å². The summed E-state index contributed by atoms with van der Waals surface area (Å²) in [6.07, 6.45) is 2.14. The maximum Gasteiger partial charge on any atom is 0.243 e. The molecule has 0 heterocycles. The van der Waals surface area contributed by atoms with Gasteiger partial charge in [-0.1, -0.05) is 35.3 Å². The molecule has 0 saturated carbocycles. The van der Waals surface area contributed by atoms with Crippen molar-refractivity contribution in [1.29, 1.82) is 0 Å². The average Bonchev–Trinajstić information content (AvgIpc) is 2.56. The highest BCUT2D eigenvalue weighted by atomic mass is 79.9. The minimum atomic E-state index is -0.0929. The molecule has 0 aliphatic heterocycles. The van der Waals surface area contributed by atoms with Gasteiger partial charge in [-0.15, -0.1) is 0 Å². The average molecular weight is 377 g/mol. The summed E-state index contributed by atoms with van der Waals surface area (Å²) in [6, 6.07) is 15.1. The molecule has 23 heavy (non-hydrogen) atoms. The largest absolute Gasteiger partial charge is 0.494 e. The fourth-order valence-electron chi connectivity index (χ4n) is 1.95. The van der Waals surface area contributed by atoms with Crippen LogP contribution in [0.3, 0.4) is 0 Å². The minimum absolute atomic E-state index is 0.0929. The Morgan fingerprint density at radius 3 is 2.65 bits per heavy atom. The highest BCUT2D eigenvalue weighted by Gasteiger charge is 2.03. The molecule has 0 spiro atoms. The Morgan fingerprint density at radius 1 is 1.13 bits per heavy atom. The van der Waals surface area contributed by atoms with Crippen LogP contribution in [-0.2, 0) is 4.79 Å². The first-order valence-corrected chi connectivity index (χ1v) is 8.49. The number of halogens is 1. The first-order valence-electron chi connectivity index (χ1n) is 7.69. The third-order valence-corrected chi connectivity index (χ3v) is 3.71. The summed E-state index contributed by atoms with van der Waals surface area (Å²) in [5, 5.41) is 5.95. The van der Waals surface area contributed by atoms with Crippen LogP contribution in [0.15, 0.2) is 53.0 Å². The molecule has 2 aromatic carbocycles. The van der Waals surface area contributed by atoms with Crippen LogP contribution in [0.25, 0.3) is 0 Å². The Balaban J connectivity index is 1.81. The van der Waals surface area contributed by atoms with E-state index in [0.29, 0.717) is 6.61 Å². The number of amides is 1. The fourth-order valence-corrected chi connectivity index (χ4v) is 2.22. The van der Waals surface area contributed by atoms with Gasteiger partial charge in [0.15, 0.2) is 0 Å². The van der Waals surface area contributed by atoms with E-state index in [1.54, 1.807) is 0 Å². The summed E-state index contributed by atoms with van der Waals surface area (Å²) in [5.41, 5.74) is 1.64. The van der Waals surface area contributed by atoms with Crippen molar-refractivity contribution in [2.24, 2.45) is 0 Å². The molecular formula is C18H21BrN2O2. The lowest BCUT2D eigenvalue weighted by Gasteiger charge is -2.10. The zero-order chi connectivity index (χ0) is 16.5. The van der Waals surface area contributed by atoms with Crippen molar-refractivity contribution >= 4 is 33.2 Å². The van der Waals surface area contributed by atoms with Crippen molar-refractivity contribution in [2.75, 3.05) is 23.8 Å². The highest BCUT2D eigenvalue weighted by Crippen LogP contribution is 2.18. The third-order valence-electron chi connectivity index (χ3n) is 3.18. The quantitative estimate of drug-likeness (QED) is 0.657. The Bertz CT molecular complexity index is 629. The molecule has 0 aromatic heterocycles. The number of ether oxygens (including phenoxy) is 1. The van der Waals surface area contributed by atoms with Gasteiger partial charge in [0.2, 0.25) is 5.91 Å². The maximum atomic E-state index is 11.9. The molecule has 2 N–H and O–H groups in total. The van der Waals surface area contributed by atoms with E-state index in [4.69, 9.17) is 4.74 Å². The van der Waals surface area contributed by atoms with Crippen LogP contribution in [-0.4, -0.2) is 19.1 Å². The summed E-state index contributed by atoms with van der Waals surface area (Å²) in [6.45, 7) is 3.05. The van der Waals surface area contributed by atoms with Gasteiger partial charge < -0.3 is 15.4 Å². The summed E-state index contributed by atoms with van der Waals surface area (Å²) >= 11 is 3.37. The number of unbranched alkanes of at least 4 members (excludes halogenated alkanes) is 1. The van der Waals surface area contributed by atoms with Crippen LogP contribution in [0.1, 0.15) is 19.8 Å². The number of rotatable bonds is 8. The lowest BCUT2D eigenvalue weighted by molar-refractivity contribution is -0.114. The second-order valence-corrected chi connectivity index (χ2v) is 6.05. The molecule has 0 fully saturated rings. The number of benzene rings is 2. The summed E-state index contributed by atoms with van der Waals surface area (Å²) < 4.78 is 6.64. The van der Waals surface area contributed by atoms with E-state index in [-0.39, 0.29) is 12.5 Å². The first-order chi connectivity index (χ1) is 11.2. The van der Waals surface area contributed by atoms with Crippen LogP contribution in [0.4, 0.5) is 11.4 Å². The van der Waals surface area contributed by atoms with E-state index in [1.165, 1.54) is 0 Å². The molecule has 0 unspecified atom stereocenters. The number of carbonyl (C=O) groups is 1. The maximum absolute atomic E-state index is 11.9. The van der Waals surface area contributed by atoms with Crippen LogP contribution in [0.5, 0.6) is 5.75 Å². The van der Waals surface area contributed by atoms with Gasteiger partial charge in [0.25, 0.3) is 0 Å². The Labute approximate surface area is 145 Å². The van der Waals surface area contributed by atoms with E-state index in [0.717, 1.165) is 34.4 Å². The zero-order valence-electron chi connectivity index (χ0n) is 13.1. The smallest absolute Gasteiger partial charge is 0.243 e. The lowest BCUT2D eigenvalue weighted by atomic mass is 10.3. The zero-order valence-corrected chi connectivity index (χ0v) is 14.7. The normalized spacial score (nSPS) is 10.2. The molecule has 0 bridgehead atoms. The molecule has 0 aliphatic rings. The Hall–Kier alpha value is -2.01. The van der Waals surface area contributed by atoms with Crippen molar-refractivity contribution in [3.63, 3.8) is 0 Å². The first kappa shape index (κ1) is 17.3. The van der Waals surface area contributed by atoms with Crippen LogP contribution in [0, 0.1) is 0 Å². The lowest BCUT2D eigenvalue weighted by Crippen LogP contribution is -2.21. The topological polar surface area (TPSA) is 50.4 Å². The van der Waals surface area contributed by atoms with E-state index in [1.807, 2.05) is 48.5 Å². The number of nitrogens with one attached hydrogen (secondary N) is 2. The Kier molecular flexibility index (Phi) is 6.94. The predicted octanol–water partition coefficient (Wildman–Crippen LogP) is 4.68. The minimum Gasteiger partial charge on any atom is -0.494 e. The van der Waals surface area contributed by atoms with Gasteiger partial charge in [0, 0.05) is 21.9 Å². The van der Waals surface area contributed by atoms with Crippen LogP contribution in [0.2, 0.25) is 0 Å². The second kappa shape index (κ2) is 9.20. The van der Waals surface area contributed by atoms with Crippen molar-refractivity contribution < 1.29 is 9.53 Å². The molecule has 4 nitrogen and oxygen atoms in total. The van der Waals surface area contributed by atoms with E-state index in [2.05, 4.69) is 33.5 Å². The molecule has 1 amide bonds. The standard InChI is InChI=1S/C18H21BrN2O2/c1-2-3-11-23-17-6-4-5-16(12-17)20-13-18(22)21-15-9-7-14(19)8-10-15/h4-10,12,20H,2-3,11,13H2,1H3,(H,21,22). The predicted molar refractivity (Wildman–Crippen MR) is 98.1 cm³/mol. The van der Waals surface area contributed by atoms with Gasteiger partial charge in [-0.2, -0.15) is 0 Å². The summed E-state index contributed by atoms with van der Waals surface area (Å²) in [7, 11) is 0. The second-order valence-electron chi connectivity index (χ2n) is 5.14. The highest BCUT2D eigenvalue weighted by molar-refractivity contribution is 9.10. The number of hydrogen-bond donors (Lipinski definition) is 2. The molecule has 0 radical (unpaired) electrons. The molecular weight excluding hydrogens is 356 g/mol. The molecule has 0 aliphatic carbocycles. The Morgan fingerprint density at radius 2 is 1.91 bits per heavy atom. The summed E-state index contributed by atoms with van der Waals surface area (Å²) in [5.74, 6) is 0.724. The van der Waals surface area contributed by atoms with E-state index in [9.17, 15) is 4.79 Å². The molecule has 2 aromatic rings. The monoisotopic (exact) mass is 376 g/mol. The number of anilines is 2. The van der Waals surface area contributed by atoms with Crippen molar-refractivity contribution in [3.05, 3.63) is 53.0 Å². The number of carbonyl (C=O) groups excluding carboxylic acids is 1. The number of hydrogen-bond acceptors (Lipinski definition) is 3. The van der Waals surface area contributed by atoms with Gasteiger partial charge >= 0.3 is 0 Å². The molecule has 2 rings (SSSR count). The fraction of sp³-hybridized carbons (Fsp3) is 0.278. The van der Waals surface area contributed by atoms with Crippen LogP contribution < -0.4 is 15.4 Å². The third kappa shape index (κ3) is 6.32. The molecule has 5 heteroatoms. The van der Waals surface area contributed by atoms with Gasteiger partial charge in [-0.05, 0) is 42.8 Å². The molecule has 0 atom stereocenters. The van der Waals surface area contributed by atoms with Gasteiger partial charge in [-0.3, -0.25) is 4.79 Å². The van der Waals surface area contributed by atoms with Crippen molar-refractivity contribution in [1.82, 2.24) is 0 Å². The van der Waals surface area contributed by atoms with Crippen molar-refractivity contribution in [3.8, 4) is 5.75 Å². The van der Waals surface area contributed by atoms with E-state index >= 15 is 0 Å². The van der Waals surface area contributed by atoms with Gasteiger partial charge in [0.1, 0.15) is 5.75 Å². The van der Waals surface area contributed by atoms with Gasteiger partial charge in [0.05, 0.1) is 13.2 Å². The van der Waals surface area contributed by atoms with Gasteiger partial charge in [-0.25, -0.2) is 0 Å². The molecule has 0 saturated heterocycles.